The number of nitrogens with one attached hydrogen (secondary N) is 1. The molecule has 0 aliphatic carbocycles. The quantitative estimate of drug-likeness (QED) is 0.710. The van der Waals surface area contributed by atoms with Gasteiger partial charge in [-0.05, 0) is 24.4 Å². The van der Waals surface area contributed by atoms with Gasteiger partial charge in [-0.2, -0.15) is 0 Å². The normalized spacial score (nSPS) is 11.1. The largest absolute Gasteiger partial charge is 0.364 e. The van der Waals surface area contributed by atoms with Crippen molar-refractivity contribution < 1.29 is 8.91 Å². The van der Waals surface area contributed by atoms with Gasteiger partial charge in [0.1, 0.15) is 23.3 Å². The third-order valence-electron chi connectivity index (χ3n) is 2.57. The zero-order chi connectivity index (χ0) is 11.8. The average Bonchev–Trinajstić information content (AvgIpc) is 2.91. The Morgan fingerprint density at radius 3 is 3.06 bits per heavy atom. The number of aromatic amines is 1. The fourth-order valence-corrected chi connectivity index (χ4v) is 2.05. The van der Waals surface area contributed by atoms with Crippen molar-refractivity contribution in [1.29, 1.82) is 0 Å². The summed E-state index contributed by atoms with van der Waals surface area (Å²) in [6, 6.07) is 6.61. The summed E-state index contributed by atoms with van der Waals surface area (Å²) < 4.78 is 20.5. The van der Waals surface area contributed by atoms with Gasteiger partial charge in [0.15, 0.2) is 4.77 Å². The number of halogens is 1. The molecule has 0 saturated carbocycles. The van der Waals surface area contributed by atoms with Crippen LogP contribution in [0.15, 0.2) is 35.1 Å². The second-order valence-corrected chi connectivity index (χ2v) is 4.03. The highest BCUT2D eigenvalue weighted by Crippen LogP contribution is 2.18. The molecule has 1 aromatic carbocycles. The van der Waals surface area contributed by atoms with Crippen LogP contribution in [0, 0.1) is 10.6 Å². The van der Waals surface area contributed by atoms with Gasteiger partial charge in [-0.25, -0.2) is 4.39 Å². The van der Waals surface area contributed by atoms with Crippen molar-refractivity contribution in [3.05, 3.63) is 46.8 Å². The van der Waals surface area contributed by atoms with Crippen LogP contribution in [0.5, 0.6) is 0 Å². The van der Waals surface area contributed by atoms with Crippen molar-refractivity contribution in [3.63, 3.8) is 0 Å². The van der Waals surface area contributed by atoms with Crippen LogP contribution in [0.3, 0.4) is 0 Å². The third kappa shape index (κ3) is 1.66. The third-order valence-corrected chi connectivity index (χ3v) is 2.89. The summed E-state index contributed by atoms with van der Waals surface area (Å²) in [6.45, 7) is 0.457. The Labute approximate surface area is 101 Å². The zero-order valence-corrected chi connectivity index (χ0v) is 9.50. The average molecular weight is 249 g/mol. The van der Waals surface area contributed by atoms with Gasteiger partial charge in [0, 0.05) is 6.07 Å². The van der Waals surface area contributed by atoms with E-state index in [2.05, 4.69) is 10.1 Å². The molecule has 0 fully saturated rings. The fourth-order valence-electron chi connectivity index (χ4n) is 1.78. The van der Waals surface area contributed by atoms with Crippen molar-refractivity contribution in [3.8, 4) is 0 Å². The molecule has 0 spiro atoms. The number of hydrogen-bond donors (Lipinski definition) is 1. The monoisotopic (exact) mass is 249 g/mol. The van der Waals surface area contributed by atoms with E-state index < -0.39 is 0 Å². The van der Waals surface area contributed by atoms with Crippen LogP contribution in [0.25, 0.3) is 11.0 Å². The van der Waals surface area contributed by atoms with E-state index in [1.807, 2.05) is 6.07 Å². The smallest absolute Gasteiger partial charge is 0.178 e. The lowest BCUT2D eigenvalue weighted by atomic mass is 10.3. The van der Waals surface area contributed by atoms with Gasteiger partial charge < -0.3 is 14.1 Å². The number of rotatable bonds is 2. The van der Waals surface area contributed by atoms with Gasteiger partial charge in [0.2, 0.25) is 0 Å². The Bertz CT molecular complexity index is 714. The molecule has 0 atom stereocenters. The summed E-state index contributed by atoms with van der Waals surface area (Å²) in [7, 11) is 0. The molecule has 2 aromatic heterocycles. The van der Waals surface area contributed by atoms with Gasteiger partial charge in [-0.3, -0.25) is 0 Å². The molecule has 0 bridgehead atoms. The number of benzene rings is 1. The number of imidazole rings is 1. The van der Waals surface area contributed by atoms with E-state index in [-0.39, 0.29) is 5.82 Å². The van der Waals surface area contributed by atoms with Crippen LogP contribution in [0.2, 0.25) is 0 Å². The second kappa shape index (κ2) is 3.81. The van der Waals surface area contributed by atoms with Gasteiger partial charge in [0.05, 0.1) is 12.1 Å². The first-order valence-corrected chi connectivity index (χ1v) is 5.43. The maximum absolute atomic E-state index is 13.5. The molecule has 0 saturated heterocycles. The maximum Gasteiger partial charge on any atom is 0.178 e. The molecule has 3 aromatic rings. The van der Waals surface area contributed by atoms with Crippen molar-refractivity contribution >= 4 is 23.3 Å². The summed E-state index contributed by atoms with van der Waals surface area (Å²) in [5.41, 5.74) is 1.88. The first-order valence-electron chi connectivity index (χ1n) is 5.02. The van der Waals surface area contributed by atoms with Crippen LogP contribution in [0.4, 0.5) is 4.39 Å². The lowest BCUT2D eigenvalue weighted by molar-refractivity contribution is 0.410. The molecule has 6 heteroatoms. The van der Waals surface area contributed by atoms with Gasteiger partial charge in [0.25, 0.3) is 0 Å². The number of hydrogen-bond acceptors (Lipinski definition) is 3. The van der Waals surface area contributed by atoms with Crippen molar-refractivity contribution in [2.75, 3.05) is 0 Å². The molecular weight excluding hydrogens is 241 g/mol. The van der Waals surface area contributed by atoms with E-state index in [0.717, 1.165) is 11.2 Å². The predicted octanol–water partition coefficient (Wildman–Crippen LogP) is 2.87. The summed E-state index contributed by atoms with van der Waals surface area (Å²) in [5, 5.41) is 3.81. The Morgan fingerprint density at radius 2 is 2.29 bits per heavy atom. The SMILES string of the molecule is Fc1cccc2c1[nH]c(=S)n2Cc1ccon1. The summed E-state index contributed by atoms with van der Waals surface area (Å²) in [6.07, 6.45) is 1.49. The van der Waals surface area contributed by atoms with Crippen LogP contribution in [0.1, 0.15) is 5.69 Å². The highest BCUT2D eigenvalue weighted by molar-refractivity contribution is 7.71. The minimum Gasteiger partial charge on any atom is -0.364 e. The zero-order valence-electron chi connectivity index (χ0n) is 8.68. The topological polar surface area (TPSA) is 46.8 Å². The van der Waals surface area contributed by atoms with Crippen LogP contribution in [-0.4, -0.2) is 14.7 Å². The molecule has 86 valence electrons. The first-order chi connectivity index (χ1) is 8.25. The summed E-state index contributed by atoms with van der Waals surface area (Å²) in [5.74, 6) is -0.312. The Morgan fingerprint density at radius 1 is 1.41 bits per heavy atom. The summed E-state index contributed by atoms with van der Waals surface area (Å²) >= 11 is 5.17. The molecule has 0 unspecified atom stereocenters. The molecular formula is C11H8FN3OS. The van der Waals surface area contributed by atoms with Crippen molar-refractivity contribution in [1.82, 2.24) is 14.7 Å². The lowest BCUT2D eigenvalue weighted by Crippen LogP contribution is -1.99. The van der Waals surface area contributed by atoms with Gasteiger partial charge in [-0.1, -0.05) is 11.2 Å². The molecule has 1 N–H and O–H groups in total. The molecule has 0 aliphatic rings. The number of H-pyrrole nitrogens is 1. The minimum atomic E-state index is -0.312. The predicted molar refractivity (Wildman–Crippen MR) is 62.7 cm³/mol. The highest BCUT2D eigenvalue weighted by Gasteiger charge is 2.09. The molecule has 2 heterocycles. The molecule has 3 rings (SSSR count). The maximum atomic E-state index is 13.5. The van der Waals surface area contributed by atoms with E-state index >= 15 is 0 Å². The van der Waals surface area contributed by atoms with E-state index in [1.54, 1.807) is 16.7 Å². The Hall–Kier alpha value is -1.95. The number of aromatic nitrogens is 3. The van der Waals surface area contributed by atoms with Gasteiger partial charge in [-0.15, -0.1) is 0 Å². The van der Waals surface area contributed by atoms with Crippen molar-refractivity contribution in [2.45, 2.75) is 6.54 Å². The van der Waals surface area contributed by atoms with Crippen LogP contribution < -0.4 is 0 Å². The standard InChI is InChI=1S/C11H8FN3OS/c12-8-2-1-3-9-10(8)13-11(17)15(9)6-7-4-5-16-14-7/h1-5H,6H2,(H,13,17). The van der Waals surface area contributed by atoms with Crippen molar-refractivity contribution in [2.24, 2.45) is 0 Å². The number of fused-ring (bicyclic) bond motifs is 1. The Kier molecular flexibility index (Phi) is 2.29. The van der Waals surface area contributed by atoms with E-state index in [1.165, 1.54) is 12.3 Å². The number of nitrogens with zero attached hydrogens (tertiary/aromatic N) is 2. The van der Waals surface area contributed by atoms with E-state index in [9.17, 15) is 4.39 Å². The fraction of sp³-hybridized carbons (Fsp3) is 0.0909. The van der Waals surface area contributed by atoms with Gasteiger partial charge >= 0.3 is 0 Å². The highest BCUT2D eigenvalue weighted by atomic mass is 32.1. The van der Waals surface area contributed by atoms with Crippen LogP contribution in [-0.2, 0) is 6.54 Å². The Balaban J connectivity index is 2.19. The van der Waals surface area contributed by atoms with E-state index in [4.69, 9.17) is 16.7 Å². The molecule has 17 heavy (non-hydrogen) atoms. The molecule has 0 amide bonds. The first kappa shape index (κ1) is 10.2. The van der Waals surface area contributed by atoms with Crippen LogP contribution >= 0.6 is 12.2 Å². The summed E-state index contributed by atoms with van der Waals surface area (Å²) in [4.78, 5) is 2.85. The second-order valence-electron chi connectivity index (χ2n) is 3.64. The molecule has 4 nitrogen and oxygen atoms in total. The molecule has 0 aliphatic heterocycles. The molecule has 0 radical (unpaired) electrons. The minimum absolute atomic E-state index is 0.312. The van der Waals surface area contributed by atoms with E-state index in [0.29, 0.717) is 16.8 Å². The number of para-hydroxylation sites is 1. The lowest BCUT2D eigenvalue weighted by Gasteiger charge is -2.00.